The Morgan fingerprint density at radius 3 is 3.06 bits per heavy atom. The first kappa shape index (κ1) is 11.4. The van der Waals surface area contributed by atoms with Crippen molar-refractivity contribution in [2.24, 2.45) is 5.92 Å². The maximum atomic E-state index is 11.9. The normalized spacial score (nSPS) is 15.8. The number of fused-ring (bicyclic) bond motifs is 1. The SMILES string of the molecule is O=c1cc(CNCC2CCC2)nc2ccccn12. The van der Waals surface area contributed by atoms with Crippen molar-refractivity contribution in [2.75, 3.05) is 6.54 Å². The molecule has 3 rings (SSSR count). The molecule has 2 aromatic heterocycles. The smallest absolute Gasteiger partial charge is 0.258 e. The topological polar surface area (TPSA) is 46.4 Å². The second kappa shape index (κ2) is 4.90. The van der Waals surface area contributed by atoms with E-state index in [1.807, 2.05) is 18.2 Å². The van der Waals surface area contributed by atoms with Crippen LogP contribution in [0.1, 0.15) is 25.0 Å². The van der Waals surface area contributed by atoms with E-state index >= 15 is 0 Å². The number of pyridine rings is 1. The van der Waals surface area contributed by atoms with Crippen LogP contribution in [0.4, 0.5) is 0 Å². The van der Waals surface area contributed by atoms with E-state index in [4.69, 9.17) is 0 Å². The van der Waals surface area contributed by atoms with Crippen LogP contribution in [0.15, 0.2) is 35.3 Å². The lowest BCUT2D eigenvalue weighted by molar-refractivity contribution is 0.301. The van der Waals surface area contributed by atoms with Crippen molar-refractivity contribution in [3.05, 3.63) is 46.5 Å². The quantitative estimate of drug-likeness (QED) is 0.887. The summed E-state index contributed by atoms with van der Waals surface area (Å²) < 4.78 is 1.56. The summed E-state index contributed by atoms with van der Waals surface area (Å²) in [4.78, 5) is 16.3. The molecule has 94 valence electrons. The molecule has 4 heteroatoms. The van der Waals surface area contributed by atoms with Crippen molar-refractivity contribution in [3.8, 4) is 0 Å². The Hall–Kier alpha value is -1.68. The minimum absolute atomic E-state index is 0.0129. The molecule has 0 radical (unpaired) electrons. The maximum Gasteiger partial charge on any atom is 0.258 e. The monoisotopic (exact) mass is 243 g/mol. The maximum absolute atomic E-state index is 11.9. The number of nitrogens with one attached hydrogen (secondary N) is 1. The minimum Gasteiger partial charge on any atom is -0.311 e. The highest BCUT2D eigenvalue weighted by molar-refractivity contribution is 5.37. The zero-order valence-corrected chi connectivity index (χ0v) is 10.3. The molecule has 0 atom stereocenters. The molecule has 0 aliphatic heterocycles. The fourth-order valence-corrected chi connectivity index (χ4v) is 2.29. The Kier molecular flexibility index (Phi) is 3.11. The van der Waals surface area contributed by atoms with Crippen molar-refractivity contribution < 1.29 is 0 Å². The van der Waals surface area contributed by atoms with E-state index in [9.17, 15) is 4.79 Å². The fraction of sp³-hybridized carbons (Fsp3) is 0.429. The number of nitrogens with zero attached hydrogens (tertiary/aromatic N) is 2. The molecule has 0 aromatic carbocycles. The van der Waals surface area contributed by atoms with Crippen LogP contribution in [0, 0.1) is 5.92 Å². The van der Waals surface area contributed by atoms with Crippen molar-refractivity contribution in [2.45, 2.75) is 25.8 Å². The first-order valence-corrected chi connectivity index (χ1v) is 6.51. The van der Waals surface area contributed by atoms with Gasteiger partial charge in [-0.15, -0.1) is 0 Å². The Balaban J connectivity index is 1.73. The van der Waals surface area contributed by atoms with Gasteiger partial charge in [-0.3, -0.25) is 9.20 Å². The predicted molar refractivity (Wildman–Crippen MR) is 70.5 cm³/mol. The van der Waals surface area contributed by atoms with Crippen LogP contribution in [0.25, 0.3) is 5.65 Å². The Morgan fingerprint density at radius 2 is 2.28 bits per heavy atom. The summed E-state index contributed by atoms with van der Waals surface area (Å²) in [5.74, 6) is 0.826. The lowest BCUT2D eigenvalue weighted by Crippen LogP contribution is -2.28. The molecular formula is C14H17N3O. The summed E-state index contributed by atoms with van der Waals surface area (Å²) in [6, 6.07) is 7.20. The summed E-state index contributed by atoms with van der Waals surface area (Å²) in [6.45, 7) is 1.72. The van der Waals surface area contributed by atoms with Gasteiger partial charge < -0.3 is 5.32 Å². The van der Waals surface area contributed by atoms with E-state index in [2.05, 4.69) is 10.3 Å². The molecule has 0 amide bonds. The zero-order chi connectivity index (χ0) is 12.4. The first-order valence-electron chi connectivity index (χ1n) is 6.51. The van der Waals surface area contributed by atoms with Crippen LogP contribution in [0.3, 0.4) is 0 Å². The van der Waals surface area contributed by atoms with Crippen molar-refractivity contribution in [1.29, 1.82) is 0 Å². The number of rotatable bonds is 4. The van der Waals surface area contributed by atoms with E-state index in [0.29, 0.717) is 12.2 Å². The lowest BCUT2D eigenvalue weighted by Gasteiger charge is -2.25. The van der Waals surface area contributed by atoms with Gasteiger partial charge in [-0.1, -0.05) is 12.5 Å². The van der Waals surface area contributed by atoms with Crippen molar-refractivity contribution in [1.82, 2.24) is 14.7 Å². The summed E-state index contributed by atoms with van der Waals surface area (Å²) in [5, 5.41) is 3.38. The Bertz CT molecular complexity index is 601. The molecule has 0 saturated heterocycles. The van der Waals surface area contributed by atoms with Gasteiger partial charge in [0.05, 0.1) is 5.69 Å². The molecule has 4 nitrogen and oxygen atoms in total. The molecule has 1 aliphatic rings. The van der Waals surface area contributed by atoms with Gasteiger partial charge in [0.25, 0.3) is 5.56 Å². The van der Waals surface area contributed by atoms with Crippen LogP contribution in [0.5, 0.6) is 0 Å². The van der Waals surface area contributed by atoms with E-state index in [0.717, 1.165) is 18.2 Å². The van der Waals surface area contributed by atoms with Gasteiger partial charge in [0.15, 0.2) is 0 Å². The molecule has 2 heterocycles. The number of aromatic nitrogens is 2. The standard InChI is InChI=1S/C14H17N3O/c18-14-8-12(10-15-9-11-4-3-5-11)16-13-6-1-2-7-17(13)14/h1-2,6-8,11,15H,3-5,9-10H2. The van der Waals surface area contributed by atoms with Crippen LogP contribution < -0.4 is 10.9 Å². The second-order valence-corrected chi connectivity index (χ2v) is 4.94. The molecule has 1 aliphatic carbocycles. The molecule has 1 fully saturated rings. The first-order chi connectivity index (χ1) is 8.83. The third-order valence-electron chi connectivity index (χ3n) is 3.59. The predicted octanol–water partition coefficient (Wildman–Crippen LogP) is 1.58. The molecule has 18 heavy (non-hydrogen) atoms. The third kappa shape index (κ3) is 2.29. The summed E-state index contributed by atoms with van der Waals surface area (Å²) >= 11 is 0. The second-order valence-electron chi connectivity index (χ2n) is 4.94. The number of hydrogen-bond donors (Lipinski definition) is 1. The van der Waals surface area contributed by atoms with Gasteiger partial charge >= 0.3 is 0 Å². The molecule has 1 saturated carbocycles. The average molecular weight is 243 g/mol. The Labute approximate surface area is 106 Å². The summed E-state index contributed by atoms with van der Waals surface area (Å²) in [6.07, 6.45) is 5.78. The lowest BCUT2D eigenvalue weighted by atomic mass is 9.85. The minimum atomic E-state index is -0.0129. The highest BCUT2D eigenvalue weighted by atomic mass is 16.1. The summed E-state index contributed by atoms with van der Waals surface area (Å²) in [7, 11) is 0. The van der Waals surface area contributed by atoms with E-state index in [1.165, 1.54) is 19.3 Å². The van der Waals surface area contributed by atoms with Gasteiger partial charge in [0, 0.05) is 18.8 Å². The summed E-state index contributed by atoms with van der Waals surface area (Å²) in [5.41, 5.74) is 1.53. The molecule has 2 aromatic rings. The van der Waals surface area contributed by atoms with Crippen LogP contribution in [0.2, 0.25) is 0 Å². The van der Waals surface area contributed by atoms with Crippen LogP contribution in [-0.2, 0) is 6.54 Å². The third-order valence-corrected chi connectivity index (χ3v) is 3.59. The molecular weight excluding hydrogens is 226 g/mol. The highest BCUT2D eigenvalue weighted by Crippen LogP contribution is 2.25. The van der Waals surface area contributed by atoms with Gasteiger partial charge in [-0.25, -0.2) is 4.98 Å². The van der Waals surface area contributed by atoms with Gasteiger partial charge in [0.1, 0.15) is 5.65 Å². The van der Waals surface area contributed by atoms with Gasteiger partial charge in [-0.2, -0.15) is 0 Å². The zero-order valence-electron chi connectivity index (χ0n) is 10.3. The average Bonchev–Trinajstić information content (AvgIpc) is 2.32. The van der Waals surface area contributed by atoms with Gasteiger partial charge in [0.2, 0.25) is 0 Å². The van der Waals surface area contributed by atoms with Gasteiger partial charge in [-0.05, 0) is 37.4 Å². The van der Waals surface area contributed by atoms with Crippen LogP contribution >= 0.6 is 0 Å². The molecule has 1 N–H and O–H groups in total. The largest absolute Gasteiger partial charge is 0.311 e. The van der Waals surface area contributed by atoms with Crippen LogP contribution in [-0.4, -0.2) is 15.9 Å². The Morgan fingerprint density at radius 1 is 1.39 bits per heavy atom. The van der Waals surface area contributed by atoms with E-state index in [1.54, 1.807) is 16.7 Å². The van der Waals surface area contributed by atoms with E-state index < -0.39 is 0 Å². The van der Waals surface area contributed by atoms with Crippen molar-refractivity contribution >= 4 is 5.65 Å². The molecule has 0 bridgehead atoms. The highest BCUT2D eigenvalue weighted by Gasteiger charge is 2.16. The van der Waals surface area contributed by atoms with Crippen molar-refractivity contribution in [3.63, 3.8) is 0 Å². The number of hydrogen-bond acceptors (Lipinski definition) is 3. The molecule has 0 spiro atoms. The molecule has 0 unspecified atom stereocenters. The fourth-order valence-electron chi connectivity index (χ4n) is 2.29. The van der Waals surface area contributed by atoms with E-state index in [-0.39, 0.29) is 5.56 Å².